The molecule has 0 aliphatic heterocycles. The Labute approximate surface area is 161 Å². The van der Waals surface area contributed by atoms with Crippen molar-refractivity contribution in [1.29, 1.82) is 0 Å². The SMILES string of the molecule is CN(Cc1ccc(C(=O)NCC(F)(F)F)cc1)C(=O)c1cccc(N(C)C)c1. The van der Waals surface area contributed by atoms with E-state index >= 15 is 0 Å². The van der Waals surface area contributed by atoms with Crippen molar-refractivity contribution in [1.82, 2.24) is 10.2 Å². The van der Waals surface area contributed by atoms with Gasteiger partial charge in [-0.2, -0.15) is 13.2 Å². The number of anilines is 1. The van der Waals surface area contributed by atoms with Gasteiger partial charge in [0.25, 0.3) is 11.8 Å². The number of carbonyl (C=O) groups excluding carboxylic acids is 2. The van der Waals surface area contributed by atoms with Crippen molar-refractivity contribution >= 4 is 17.5 Å². The van der Waals surface area contributed by atoms with Crippen molar-refractivity contribution < 1.29 is 22.8 Å². The molecule has 0 unspecified atom stereocenters. The van der Waals surface area contributed by atoms with E-state index in [1.54, 1.807) is 31.3 Å². The molecule has 2 aromatic rings. The lowest BCUT2D eigenvalue weighted by Gasteiger charge is -2.19. The summed E-state index contributed by atoms with van der Waals surface area (Å²) in [5.74, 6) is -0.954. The summed E-state index contributed by atoms with van der Waals surface area (Å²) in [6.45, 7) is -1.08. The van der Waals surface area contributed by atoms with Crippen LogP contribution in [0.2, 0.25) is 0 Å². The van der Waals surface area contributed by atoms with Crippen LogP contribution >= 0.6 is 0 Å². The smallest absolute Gasteiger partial charge is 0.378 e. The van der Waals surface area contributed by atoms with Gasteiger partial charge in [-0.3, -0.25) is 9.59 Å². The van der Waals surface area contributed by atoms with Crippen LogP contribution in [-0.2, 0) is 6.54 Å². The summed E-state index contributed by atoms with van der Waals surface area (Å²) in [6, 6.07) is 13.3. The fourth-order valence-electron chi connectivity index (χ4n) is 2.53. The summed E-state index contributed by atoms with van der Waals surface area (Å²) >= 11 is 0. The average molecular weight is 393 g/mol. The number of carbonyl (C=O) groups is 2. The number of hydrogen-bond donors (Lipinski definition) is 1. The van der Waals surface area contributed by atoms with Crippen LogP contribution in [0.15, 0.2) is 48.5 Å². The molecule has 28 heavy (non-hydrogen) atoms. The topological polar surface area (TPSA) is 52.7 Å². The maximum atomic E-state index is 12.6. The Morgan fingerprint density at radius 3 is 2.18 bits per heavy atom. The number of nitrogens with zero attached hydrogens (tertiary/aromatic N) is 2. The quantitative estimate of drug-likeness (QED) is 0.819. The Morgan fingerprint density at radius 2 is 1.61 bits per heavy atom. The predicted molar refractivity (Wildman–Crippen MR) is 101 cm³/mol. The van der Waals surface area contributed by atoms with Crippen LogP contribution in [0.3, 0.4) is 0 Å². The molecule has 0 aliphatic carbocycles. The van der Waals surface area contributed by atoms with Gasteiger partial charge in [-0.05, 0) is 35.9 Å². The summed E-state index contributed by atoms with van der Waals surface area (Å²) in [7, 11) is 5.44. The molecular formula is C20H22F3N3O2. The molecule has 0 heterocycles. The maximum Gasteiger partial charge on any atom is 0.405 e. The first kappa shape index (κ1) is 21.3. The second-order valence-corrected chi connectivity index (χ2v) is 6.60. The number of nitrogens with one attached hydrogen (secondary N) is 1. The van der Waals surface area contributed by atoms with E-state index in [1.807, 2.05) is 36.4 Å². The minimum atomic E-state index is -4.46. The highest BCUT2D eigenvalue weighted by atomic mass is 19.4. The highest BCUT2D eigenvalue weighted by molar-refractivity contribution is 5.95. The first-order valence-electron chi connectivity index (χ1n) is 8.53. The van der Waals surface area contributed by atoms with Crippen molar-refractivity contribution in [3.63, 3.8) is 0 Å². The third-order valence-electron chi connectivity index (χ3n) is 4.04. The largest absolute Gasteiger partial charge is 0.405 e. The van der Waals surface area contributed by atoms with Crippen LogP contribution < -0.4 is 10.2 Å². The first-order chi connectivity index (χ1) is 13.1. The summed E-state index contributed by atoms with van der Waals surface area (Å²) in [4.78, 5) is 27.8. The molecule has 0 aliphatic rings. The molecule has 2 rings (SSSR count). The van der Waals surface area contributed by atoms with Gasteiger partial charge in [-0.15, -0.1) is 0 Å². The molecule has 2 amide bonds. The van der Waals surface area contributed by atoms with Crippen molar-refractivity contribution in [2.45, 2.75) is 12.7 Å². The minimum Gasteiger partial charge on any atom is -0.378 e. The van der Waals surface area contributed by atoms with E-state index in [9.17, 15) is 22.8 Å². The highest BCUT2D eigenvalue weighted by Gasteiger charge is 2.27. The van der Waals surface area contributed by atoms with Gasteiger partial charge in [0.2, 0.25) is 0 Å². The van der Waals surface area contributed by atoms with Gasteiger partial charge in [0.05, 0.1) is 0 Å². The van der Waals surface area contributed by atoms with E-state index in [1.165, 1.54) is 17.0 Å². The maximum absolute atomic E-state index is 12.6. The van der Waals surface area contributed by atoms with E-state index < -0.39 is 18.6 Å². The molecule has 2 aromatic carbocycles. The number of halogens is 3. The molecule has 0 saturated carbocycles. The van der Waals surface area contributed by atoms with Gasteiger partial charge in [-0.25, -0.2) is 0 Å². The Bertz CT molecular complexity index is 833. The molecule has 0 aromatic heterocycles. The van der Waals surface area contributed by atoms with Crippen LogP contribution in [0.1, 0.15) is 26.3 Å². The molecule has 0 bridgehead atoms. The van der Waals surface area contributed by atoms with E-state index in [0.717, 1.165) is 11.3 Å². The van der Waals surface area contributed by atoms with Gasteiger partial charge in [0.15, 0.2) is 0 Å². The highest BCUT2D eigenvalue weighted by Crippen LogP contribution is 2.16. The molecule has 1 N–H and O–H groups in total. The average Bonchev–Trinajstić information content (AvgIpc) is 2.65. The van der Waals surface area contributed by atoms with E-state index in [4.69, 9.17) is 0 Å². The minimum absolute atomic E-state index is 0.126. The zero-order chi connectivity index (χ0) is 20.9. The van der Waals surface area contributed by atoms with Gasteiger partial charge in [-0.1, -0.05) is 18.2 Å². The van der Waals surface area contributed by atoms with Gasteiger partial charge in [0.1, 0.15) is 6.54 Å². The third-order valence-corrected chi connectivity index (χ3v) is 4.04. The Morgan fingerprint density at radius 1 is 0.964 bits per heavy atom. The van der Waals surface area contributed by atoms with Gasteiger partial charge >= 0.3 is 6.18 Å². The predicted octanol–water partition coefficient (Wildman–Crippen LogP) is 3.32. The molecule has 0 saturated heterocycles. The Hall–Kier alpha value is -3.03. The Kier molecular flexibility index (Phi) is 6.66. The van der Waals surface area contributed by atoms with Crippen LogP contribution in [0.5, 0.6) is 0 Å². The van der Waals surface area contributed by atoms with Crippen LogP contribution in [0.25, 0.3) is 0 Å². The zero-order valence-corrected chi connectivity index (χ0v) is 15.9. The molecular weight excluding hydrogens is 371 g/mol. The summed E-state index contributed by atoms with van der Waals surface area (Å²) in [6.07, 6.45) is -4.46. The van der Waals surface area contributed by atoms with Crippen LogP contribution in [0.4, 0.5) is 18.9 Å². The lowest BCUT2D eigenvalue weighted by molar-refractivity contribution is -0.123. The van der Waals surface area contributed by atoms with Crippen molar-refractivity contribution in [3.8, 4) is 0 Å². The molecule has 5 nitrogen and oxygen atoms in total. The fourth-order valence-corrected chi connectivity index (χ4v) is 2.53. The number of amides is 2. The Balaban J connectivity index is 2.00. The standard InChI is InChI=1S/C20H22F3N3O2/c1-25(2)17-6-4-5-16(11-17)19(28)26(3)12-14-7-9-15(10-8-14)18(27)24-13-20(21,22)23/h4-11H,12-13H2,1-3H3,(H,24,27). The van der Waals surface area contributed by atoms with E-state index in [-0.39, 0.29) is 11.5 Å². The number of alkyl halides is 3. The normalized spacial score (nSPS) is 11.1. The molecule has 0 fully saturated rings. The summed E-state index contributed by atoms with van der Waals surface area (Å²) in [5.41, 5.74) is 2.35. The van der Waals surface area contributed by atoms with E-state index in [0.29, 0.717) is 12.1 Å². The number of rotatable bonds is 6. The van der Waals surface area contributed by atoms with Gasteiger partial charge < -0.3 is 15.1 Å². The van der Waals surface area contributed by atoms with Crippen LogP contribution in [0, 0.1) is 0 Å². The molecule has 0 atom stereocenters. The second-order valence-electron chi connectivity index (χ2n) is 6.60. The zero-order valence-electron chi connectivity index (χ0n) is 15.9. The number of hydrogen-bond acceptors (Lipinski definition) is 3. The summed E-state index contributed by atoms with van der Waals surface area (Å²) in [5, 5.41) is 1.82. The van der Waals surface area contributed by atoms with E-state index in [2.05, 4.69) is 0 Å². The molecule has 8 heteroatoms. The first-order valence-corrected chi connectivity index (χ1v) is 8.53. The van der Waals surface area contributed by atoms with Crippen molar-refractivity contribution in [2.24, 2.45) is 0 Å². The monoisotopic (exact) mass is 393 g/mol. The van der Waals surface area contributed by atoms with Crippen molar-refractivity contribution in [2.75, 3.05) is 32.6 Å². The molecule has 0 radical (unpaired) electrons. The van der Waals surface area contributed by atoms with Crippen molar-refractivity contribution in [3.05, 3.63) is 65.2 Å². The lowest BCUT2D eigenvalue weighted by Crippen LogP contribution is -2.33. The van der Waals surface area contributed by atoms with Crippen LogP contribution in [-0.4, -0.2) is 50.6 Å². The summed E-state index contributed by atoms with van der Waals surface area (Å²) < 4.78 is 36.5. The third kappa shape index (κ3) is 6.00. The number of benzene rings is 2. The van der Waals surface area contributed by atoms with Gasteiger partial charge in [0, 0.05) is 44.5 Å². The second kappa shape index (κ2) is 8.77. The molecule has 150 valence electrons. The lowest BCUT2D eigenvalue weighted by atomic mass is 10.1. The fraction of sp³-hybridized carbons (Fsp3) is 0.300. The molecule has 0 spiro atoms.